The van der Waals surface area contributed by atoms with Gasteiger partial charge in [-0.2, -0.15) is 0 Å². The Bertz CT molecular complexity index is 610. The summed E-state index contributed by atoms with van der Waals surface area (Å²) in [6.45, 7) is 6.96. The molecule has 2 rings (SSSR count). The van der Waals surface area contributed by atoms with Gasteiger partial charge in [0.1, 0.15) is 12.1 Å². The number of urea groups is 1. The molecule has 1 fully saturated rings. The highest BCUT2D eigenvalue weighted by atomic mass is 16.2. The van der Waals surface area contributed by atoms with Crippen molar-refractivity contribution in [3.05, 3.63) is 35.4 Å². The molecule has 1 atom stereocenters. The van der Waals surface area contributed by atoms with E-state index in [1.165, 1.54) is 0 Å². The standard InChI is InChI=1S/C16H21N3O3/c1-10(2)17-13(20)9-19-14(21)16(4,18-15(19)22)12-7-5-11(3)6-8-12/h5-8,10H,9H2,1-4H3,(H,17,20)(H,18,22)/t16-/m1/s1. The van der Waals surface area contributed by atoms with E-state index in [2.05, 4.69) is 10.6 Å². The highest BCUT2D eigenvalue weighted by Crippen LogP contribution is 2.28. The molecule has 6 nitrogen and oxygen atoms in total. The molecule has 118 valence electrons. The number of hydrogen-bond donors (Lipinski definition) is 2. The molecule has 1 aromatic rings. The maximum absolute atomic E-state index is 12.6. The van der Waals surface area contributed by atoms with Crippen LogP contribution in [0.2, 0.25) is 0 Å². The second-order valence-electron chi connectivity index (χ2n) is 6.03. The van der Waals surface area contributed by atoms with Gasteiger partial charge in [-0.1, -0.05) is 29.8 Å². The van der Waals surface area contributed by atoms with Gasteiger partial charge < -0.3 is 10.6 Å². The maximum Gasteiger partial charge on any atom is 0.325 e. The zero-order valence-corrected chi connectivity index (χ0v) is 13.3. The largest absolute Gasteiger partial charge is 0.352 e. The molecule has 0 aliphatic carbocycles. The van der Waals surface area contributed by atoms with Crippen molar-refractivity contribution in [2.45, 2.75) is 39.3 Å². The smallest absolute Gasteiger partial charge is 0.325 e. The number of imide groups is 1. The first-order valence-electron chi connectivity index (χ1n) is 7.24. The number of aryl methyl sites for hydroxylation is 1. The Morgan fingerprint density at radius 1 is 1.27 bits per heavy atom. The predicted octanol–water partition coefficient (Wildman–Crippen LogP) is 1.29. The van der Waals surface area contributed by atoms with Crippen LogP contribution in [-0.2, 0) is 15.1 Å². The van der Waals surface area contributed by atoms with Crippen LogP contribution in [0.1, 0.15) is 31.9 Å². The van der Waals surface area contributed by atoms with Gasteiger partial charge in [0.05, 0.1) is 0 Å². The summed E-state index contributed by atoms with van der Waals surface area (Å²) in [5.74, 6) is -0.771. The van der Waals surface area contributed by atoms with Gasteiger partial charge in [-0.25, -0.2) is 4.79 Å². The second kappa shape index (κ2) is 5.79. The Balaban J connectivity index is 2.20. The number of nitrogens with one attached hydrogen (secondary N) is 2. The Kier molecular flexibility index (Phi) is 4.21. The minimum Gasteiger partial charge on any atom is -0.352 e. The Morgan fingerprint density at radius 3 is 2.41 bits per heavy atom. The van der Waals surface area contributed by atoms with Crippen molar-refractivity contribution in [3.8, 4) is 0 Å². The Labute approximate surface area is 129 Å². The monoisotopic (exact) mass is 303 g/mol. The summed E-state index contributed by atoms with van der Waals surface area (Å²) in [7, 11) is 0. The number of hydrogen-bond acceptors (Lipinski definition) is 3. The van der Waals surface area contributed by atoms with Crippen LogP contribution in [0.25, 0.3) is 0 Å². The summed E-state index contributed by atoms with van der Waals surface area (Å²) in [5.41, 5.74) is 0.628. The van der Waals surface area contributed by atoms with E-state index < -0.39 is 17.5 Å². The van der Waals surface area contributed by atoms with Crippen molar-refractivity contribution in [2.24, 2.45) is 0 Å². The predicted molar refractivity (Wildman–Crippen MR) is 82.1 cm³/mol. The number of amides is 4. The molecule has 1 aliphatic rings. The topological polar surface area (TPSA) is 78.5 Å². The van der Waals surface area contributed by atoms with Gasteiger partial charge in [0.25, 0.3) is 5.91 Å². The zero-order chi connectivity index (χ0) is 16.5. The van der Waals surface area contributed by atoms with Crippen LogP contribution in [-0.4, -0.2) is 35.3 Å². The van der Waals surface area contributed by atoms with Crippen molar-refractivity contribution in [2.75, 3.05) is 6.54 Å². The third kappa shape index (κ3) is 2.95. The second-order valence-corrected chi connectivity index (χ2v) is 6.03. The van der Waals surface area contributed by atoms with Gasteiger partial charge in [0.2, 0.25) is 5.91 Å². The van der Waals surface area contributed by atoms with Gasteiger partial charge in [-0.3, -0.25) is 14.5 Å². The van der Waals surface area contributed by atoms with Crippen LogP contribution in [0.4, 0.5) is 4.79 Å². The molecule has 0 radical (unpaired) electrons. The van der Waals surface area contributed by atoms with Gasteiger partial charge in [-0.05, 0) is 33.3 Å². The van der Waals surface area contributed by atoms with E-state index in [1.54, 1.807) is 6.92 Å². The van der Waals surface area contributed by atoms with Crippen LogP contribution < -0.4 is 10.6 Å². The van der Waals surface area contributed by atoms with Crippen molar-refractivity contribution < 1.29 is 14.4 Å². The fourth-order valence-corrected chi connectivity index (χ4v) is 2.43. The first-order chi connectivity index (χ1) is 10.2. The van der Waals surface area contributed by atoms with E-state index >= 15 is 0 Å². The molecule has 1 aromatic carbocycles. The minimum absolute atomic E-state index is 0.0447. The lowest BCUT2D eigenvalue weighted by Crippen LogP contribution is -2.44. The molecule has 22 heavy (non-hydrogen) atoms. The molecular formula is C16H21N3O3. The molecule has 0 spiro atoms. The quantitative estimate of drug-likeness (QED) is 0.823. The molecule has 1 aliphatic heterocycles. The molecule has 2 N–H and O–H groups in total. The third-order valence-corrected chi connectivity index (χ3v) is 3.66. The van der Waals surface area contributed by atoms with E-state index in [4.69, 9.17) is 0 Å². The average Bonchev–Trinajstić information content (AvgIpc) is 2.63. The molecule has 1 heterocycles. The van der Waals surface area contributed by atoms with Crippen molar-refractivity contribution in [1.82, 2.24) is 15.5 Å². The first kappa shape index (κ1) is 16.0. The maximum atomic E-state index is 12.6. The van der Waals surface area contributed by atoms with E-state index in [9.17, 15) is 14.4 Å². The summed E-state index contributed by atoms with van der Waals surface area (Å²) in [6.07, 6.45) is 0. The summed E-state index contributed by atoms with van der Waals surface area (Å²) >= 11 is 0. The average molecular weight is 303 g/mol. The summed E-state index contributed by atoms with van der Waals surface area (Å²) < 4.78 is 0. The van der Waals surface area contributed by atoms with E-state index in [-0.39, 0.29) is 18.5 Å². The molecule has 0 aromatic heterocycles. The van der Waals surface area contributed by atoms with Crippen LogP contribution in [0.15, 0.2) is 24.3 Å². The molecule has 0 saturated carbocycles. The Morgan fingerprint density at radius 2 is 1.86 bits per heavy atom. The van der Waals surface area contributed by atoms with E-state index in [0.717, 1.165) is 10.5 Å². The van der Waals surface area contributed by atoms with Crippen molar-refractivity contribution in [1.29, 1.82) is 0 Å². The number of carbonyl (C=O) groups excluding carboxylic acids is 3. The lowest BCUT2D eigenvalue weighted by molar-refractivity contribution is -0.135. The zero-order valence-electron chi connectivity index (χ0n) is 13.3. The molecule has 0 bridgehead atoms. The van der Waals surface area contributed by atoms with Gasteiger partial charge >= 0.3 is 6.03 Å². The normalized spacial score (nSPS) is 21.2. The number of benzene rings is 1. The highest BCUT2D eigenvalue weighted by molar-refractivity contribution is 6.09. The third-order valence-electron chi connectivity index (χ3n) is 3.66. The number of carbonyl (C=O) groups is 3. The lowest BCUT2D eigenvalue weighted by Gasteiger charge is -2.22. The van der Waals surface area contributed by atoms with Crippen LogP contribution in [0.3, 0.4) is 0 Å². The minimum atomic E-state index is -1.14. The fraction of sp³-hybridized carbons (Fsp3) is 0.438. The van der Waals surface area contributed by atoms with Crippen LogP contribution in [0.5, 0.6) is 0 Å². The molecule has 4 amide bonds. The molecular weight excluding hydrogens is 282 g/mol. The van der Waals surface area contributed by atoms with Gasteiger partial charge in [-0.15, -0.1) is 0 Å². The summed E-state index contributed by atoms with van der Waals surface area (Å²) in [4.78, 5) is 37.4. The van der Waals surface area contributed by atoms with Gasteiger partial charge in [0, 0.05) is 6.04 Å². The van der Waals surface area contributed by atoms with Crippen molar-refractivity contribution >= 4 is 17.8 Å². The SMILES string of the molecule is Cc1ccc([C@@]2(C)NC(=O)N(CC(=O)NC(C)C)C2=O)cc1. The van der Waals surface area contributed by atoms with Gasteiger partial charge in [0.15, 0.2) is 0 Å². The van der Waals surface area contributed by atoms with Crippen LogP contribution >= 0.6 is 0 Å². The summed E-state index contributed by atoms with van der Waals surface area (Å²) in [5, 5.41) is 5.35. The van der Waals surface area contributed by atoms with Crippen LogP contribution in [0, 0.1) is 6.92 Å². The summed E-state index contributed by atoms with van der Waals surface area (Å²) in [6, 6.07) is 6.79. The molecule has 0 unspecified atom stereocenters. The van der Waals surface area contributed by atoms with Crippen molar-refractivity contribution in [3.63, 3.8) is 0 Å². The van der Waals surface area contributed by atoms with E-state index in [1.807, 2.05) is 45.0 Å². The lowest BCUT2D eigenvalue weighted by atomic mass is 9.91. The molecule has 6 heteroatoms. The first-order valence-corrected chi connectivity index (χ1v) is 7.24. The Hall–Kier alpha value is -2.37. The molecule has 1 saturated heterocycles. The fourth-order valence-electron chi connectivity index (χ4n) is 2.43. The number of nitrogens with zero attached hydrogens (tertiary/aromatic N) is 1. The highest BCUT2D eigenvalue weighted by Gasteiger charge is 2.49. The van der Waals surface area contributed by atoms with E-state index in [0.29, 0.717) is 5.56 Å². The number of rotatable bonds is 4.